The van der Waals surface area contributed by atoms with Crippen LogP contribution in [0.3, 0.4) is 0 Å². The van der Waals surface area contributed by atoms with Crippen LogP contribution in [0.2, 0.25) is 10.0 Å². The Hall–Kier alpha value is -3.62. The number of anilines is 2. The molecule has 2 N–H and O–H groups in total. The molecule has 1 amide bonds. The van der Waals surface area contributed by atoms with E-state index in [1.807, 2.05) is 36.2 Å². The van der Waals surface area contributed by atoms with Gasteiger partial charge in [0.1, 0.15) is 6.04 Å². The molecular weight excluding hydrogens is 479 g/mol. The number of carbonyl (C=O) groups excluding carboxylic acids is 1. The molecule has 0 radical (unpaired) electrons. The van der Waals surface area contributed by atoms with Crippen LogP contribution in [0.4, 0.5) is 11.6 Å². The van der Waals surface area contributed by atoms with E-state index in [1.54, 1.807) is 37.6 Å². The number of ether oxygens (including phenoxy) is 1. The Labute approximate surface area is 206 Å². The summed E-state index contributed by atoms with van der Waals surface area (Å²) in [7, 11) is 3.38. The molecule has 0 aliphatic rings. The van der Waals surface area contributed by atoms with Crippen molar-refractivity contribution in [3.05, 3.63) is 82.0 Å². The summed E-state index contributed by atoms with van der Waals surface area (Å²) >= 11 is 12.1. The smallest absolute Gasteiger partial charge is 0.326 e. The first-order valence-electron chi connectivity index (χ1n) is 10.1. The van der Waals surface area contributed by atoms with Gasteiger partial charge in [-0.1, -0.05) is 53.6 Å². The van der Waals surface area contributed by atoms with Crippen LogP contribution in [-0.4, -0.2) is 47.2 Å². The number of carboxylic acid groups (broad SMARTS) is 1. The fraction of sp³-hybridized carbons (Fsp3) is 0.167. The van der Waals surface area contributed by atoms with Gasteiger partial charge in [0.25, 0.3) is 5.91 Å². The molecule has 0 aliphatic carbocycles. The SMILES string of the molecule is COc1ccnc(N(C)c2ccc(/C=C/CC(NC(=O)c3c(Cl)cccc3Cl)C(=O)O)cc2)n1. The topological polar surface area (TPSA) is 105 Å². The molecule has 1 heterocycles. The van der Waals surface area contributed by atoms with Crippen molar-refractivity contribution in [1.29, 1.82) is 0 Å². The van der Waals surface area contributed by atoms with E-state index in [4.69, 9.17) is 27.9 Å². The lowest BCUT2D eigenvalue weighted by Crippen LogP contribution is -2.40. The van der Waals surface area contributed by atoms with Gasteiger partial charge in [0.15, 0.2) is 0 Å². The van der Waals surface area contributed by atoms with Crippen molar-refractivity contribution in [3.8, 4) is 5.88 Å². The molecule has 176 valence electrons. The van der Waals surface area contributed by atoms with Gasteiger partial charge in [-0.3, -0.25) is 4.79 Å². The number of halogens is 2. The molecule has 0 fully saturated rings. The van der Waals surface area contributed by atoms with Crippen LogP contribution in [0.25, 0.3) is 6.08 Å². The van der Waals surface area contributed by atoms with Gasteiger partial charge >= 0.3 is 5.97 Å². The Morgan fingerprint density at radius 3 is 2.44 bits per heavy atom. The van der Waals surface area contributed by atoms with E-state index in [1.165, 1.54) is 12.1 Å². The zero-order valence-electron chi connectivity index (χ0n) is 18.4. The highest BCUT2D eigenvalue weighted by atomic mass is 35.5. The Morgan fingerprint density at radius 1 is 1.15 bits per heavy atom. The van der Waals surface area contributed by atoms with E-state index in [-0.39, 0.29) is 22.0 Å². The number of amides is 1. The van der Waals surface area contributed by atoms with Crippen LogP contribution >= 0.6 is 23.2 Å². The third-order valence-electron chi connectivity index (χ3n) is 4.88. The van der Waals surface area contributed by atoms with Crippen LogP contribution in [0, 0.1) is 0 Å². The quantitative estimate of drug-likeness (QED) is 0.432. The highest BCUT2D eigenvalue weighted by molar-refractivity contribution is 6.39. The van der Waals surface area contributed by atoms with Crippen LogP contribution < -0.4 is 15.0 Å². The number of carboxylic acids is 1. The van der Waals surface area contributed by atoms with Gasteiger partial charge in [0.2, 0.25) is 11.8 Å². The predicted octanol–water partition coefficient (Wildman–Crippen LogP) is 4.85. The summed E-state index contributed by atoms with van der Waals surface area (Å²) in [4.78, 5) is 34.5. The van der Waals surface area contributed by atoms with Crippen molar-refractivity contribution in [3.63, 3.8) is 0 Å². The second kappa shape index (κ2) is 11.5. The molecule has 0 aliphatic heterocycles. The fourth-order valence-electron chi connectivity index (χ4n) is 3.04. The molecular formula is C24H22Cl2N4O4. The summed E-state index contributed by atoms with van der Waals surface area (Å²) in [6, 6.07) is 12.7. The van der Waals surface area contributed by atoms with Crippen molar-refractivity contribution in [2.24, 2.45) is 0 Å². The molecule has 0 spiro atoms. The molecule has 8 nitrogen and oxygen atoms in total. The summed E-state index contributed by atoms with van der Waals surface area (Å²) in [5.41, 5.74) is 1.76. The molecule has 0 saturated carbocycles. The number of hydrogen-bond acceptors (Lipinski definition) is 6. The normalized spacial score (nSPS) is 11.8. The van der Waals surface area contributed by atoms with Crippen molar-refractivity contribution < 1.29 is 19.4 Å². The number of nitrogens with one attached hydrogen (secondary N) is 1. The van der Waals surface area contributed by atoms with E-state index < -0.39 is 17.9 Å². The number of aliphatic carboxylic acids is 1. The summed E-state index contributed by atoms with van der Waals surface area (Å²) in [6.45, 7) is 0. The average molecular weight is 501 g/mol. The van der Waals surface area contributed by atoms with Crippen LogP contribution in [0.5, 0.6) is 5.88 Å². The minimum Gasteiger partial charge on any atom is -0.481 e. The van der Waals surface area contributed by atoms with Crippen LogP contribution in [0.1, 0.15) is 22.3 Å². The van der Waals surface area contributed by atoms with Crippen molar-refractivity contribution >= 4 is 52.8 Å². The summed E-state index contributed by atoms with van der Waals surface area (Å²) < 4.78 is 5.13. The zero-order chi connectivity index (χ0) is 24.7. The summed E-state index contributed by atoms with van der Waals surface area (Å²) in [5, 5.41) is 12.3. The number of methoxy groups -OCH3 is 1. The Morgan fingerprint density at radius 2 is 1.82 bits per heavy atom. The molecule has 0 saturated heterocycles. The molecule has 1 atom stereocenters. The van der Waals surface area contributed by atoms with Gasteiger partial charge in [-0.15, -0.1) is 0 Å². The first kappa shape index (κ1) is 25.0. The van der Waals surface area contributed by atoms with E-state index >= 15 is 0 Å². The molecule has 34 heavy (non-hydrogen) atoms. The second-order valence-corrected chi connectivity index (χ2v) is 7.96. The highest BCUT2D eigenvalue weighted by Gasteiger charge is 2.22. The number of nitrogens with zero attached hydrogens (tertiary/aromatic N) is 3. The molecule has 3 rings (SSSR count). The highest BCUT2D eigenvalue weighted by Crippen LogP contribution is 2.25. The lowest BCUT2D eigenvalue weighted by Gasteiger charge is -2.17. The molecule has 0 bridgehead atoms. The van der Waals surface area contributed by atoms with E-state index in [0.29, 0.717) is 11.8 Å². The van der Waals surface area contributed by atoms with E-state index in [2.05, 4.69) is 15.3 Å². The minimum atomic E-state index is -1.17. The lowest BCUT2D eigenvalue weighted by atomic mass is 10.1. The van der Waals surface area contributed by atoms with Crippen molar-refractivity contribution in [2.75, 3.05) is 19.1 Å². The Bertz CT molecular complexity index is 1180. The lowest BCUT2D eigenvalue weighted by molar-refractivity contribution is -0.139. The van der Waals surface area contributed by atoms with Gasteiger partial charge in [0.05, 0.1) is 22.7 Å². The third kappa shape index (κ3) is 6.24. The van der Waals surface area contributed by atoms with Gasteiger partial charge in [0, 0.05) is 25.0 Å². The van der Waals surface area contributed by atoms with Crippen molar-refractivity contribution in [1.82, 2.24) is 15.3 Å². The zero-order valence-corrected chi connectivity index (χ0v) is 19.9. The third-order valence-corrected chi connectivity index (χ3v) is 5.51. The van der Waals surface area contributed by atoms with Gasteiger partial charge in [-0.25, -0.2) is 9.78 Å². The maximum absolute atomic E-state index is 12.5. The monoisotopic (exact) mass is 500 g/mol. The molecule has 1 unspecified atom stereocenters. The molecule has 2 aromatic carbocycles. The Kier molecular flexibility index (Phi) is 8.45. The number of benzene rings is 2. The number of carbonyl (C=O) groups is 2. The van der Waals surface area contributed by atoms with Crippen LogP contribution in [-0.2, 0) is 4.79 Å². The number of rotatable bonds is 9. The molecule has 3 aromatic rings. The average Bonchev–Trinajstić information content (AvgIpc) is 2.83. The van der Waals surface area contributed by atoms with E-state index in [9.17, 15) is 14.7 Å². The first-order chi connectivity index (χ1) is 16.3. The van der Waals surface area contributed by atoms with Crippen LogP contribution in [0.15, 0.2) is 60.8 Å². The van der Waals surface area contributed by atoms with Gasteiger partial charge in [-0.2, -0.15) is 4.98 Å². The maximum atomic E-state index is 12.5. The van der Waals surface area contributed by atoms with Gasteiger partial charge < -0.3 is 20.1 Å². The largest absolute Gasteiger partial charge is 0.481 e. The van der Waals surface area contributed by atoms with Gasteiger partial charge in [-0.05, 0) is 36.2 Å². The molecule has 1 aromatic heterocycles. The summed E-state index contributed by atoms with van der Waals surface area (Å²) in [5.74, 6) is -0.866. The van der Waals surface area contributed by atoms with E-state index in [0.717, 1.165) is 11.3 Å². The maximum Gasteiger partial charge on any atom is 0.326 e. The predicted molar refractivity (Wildman–Crippen MR) is 132 cm³/mol. The van der Waals surface area contributed by atoms with Crippen molar-refractivity contribution in [2.45, 2.75) is 12.5 Å². The summed E-state index contributed by atoms with van der Waals surface area (Å²) in [6.07, 6.45) is 5.14. The number of hydrogen-bond donors (Lipinski definition) is 2. The standard InChI is InChI=1S/C24H22Cl2N4O4/c1-30(24-27-14-13-20(29-24)34-2)16-11-9-15(10-12-16)5-3-8-19(23(32)33)28-22(31)21-17(25)6-4-7-18(21)26/h3-7,9-14,19H,8H2,1-2H3,(H,28,31)(H,32,33)/b5-3+. The molecule has 10 heteroatoms. The Balaban J connectivity index is 1.64. The number of aromatic nitrogens is 2. The fourth-order valence-corrected chi connectivity index (χ4v) is 3.61. The minimum absolute atomic E-state index is 0.0424. The first-order valence-corrected chi connectivity index (χ1v) is 10.9. The second-order valence-electron chi connectivity index (χ2n) is 7.15.